The summed E-state index contributed by atoms with van der Waals surface area (Å²) in [6.45, 7) is 4.76. The number of benzene rings is 2. The molecule has 1 amide bonds. The van der Waals surface area contributed by atoms with Gasteiger partial charge < -0.3 is 0 Å². The molecule has 6 heteroatoms. The molecule has 0 saturated carbocycles. The number of anilines is 1. The average Bonchev–Trinajstić information content (AvgIpc) is 3.21. The number of thiazole rings is 1. The first kappa shape index (κ1) is 20.6. The van der Waals surface area contributed by atoms with Crippen molar-refractivity contribution in [2.24, 2.45) is 0 Å². The maximum absolute atomic E-state index is 13.6. The first-order chi connectivity index (χ1) is 14.6. The third-order valence-corrected chi connectivity index (χ3v) is 6.69. The number of thioether (sulfide) groups is 1. The standard InChI is InChI=1S/C24H23N3OS2/c1-16(2)20-10-5-11-21-22(20)26-24(30-21)27(15-17-7-6-12-25-14-17)23(28)18-8-4-9-19(13-18)29-3/h4-14,16H,15H2,1-3H3. The maximum atomic E-state index is 13.6. The molecule has 2 aromatic heterocycles. The Labute approximate surface area is 185 Å². The van der Waals surface area contributed by atoms with Crippen molar-refractivity contribution in [1.29, 1.82) is 0 Å². The third-order valence-electron chi connectivity index (χ3n) is 4.92. The largest absolute Gasteiger partial charge is 0.279 e. The van der Waals surface area contributed by atoms with E-state index in [0.717, 1.165) is 20.7 Å². The molecule has 0 spiro atoms. The van der Waals surface area contributed by atoms with E-state index in [-0.39, 0.29) is 5.91 Å². The van der Waals surface area contributed by atoms with Crippen molar-refractivity contribution in [2.45, 2.75) is 31.2 Å². The molecule has 0 aliphatic rings. The van der Waals surface area contributed by atoms with E-state index in [1.165, 1.54) is 5.56 Å². The number of hydrogen-bond donors (Lipinski definition) is 0. The Morgan fingerprint density at radius 2 is 1.97 bits per heavy atom. The number of nitrogens with zero attached hydrogens (tertiary/aromatic N) is 3. The van der Waals surface area contributed by atoms with Crippen LogP contribution in [0.15, 0.2) is 71.9 Å². The lowest BCUT2D eigenvalue weighted by Crippen LogP contribution is -2.30. The molecule has 0 aliphatic heterocycles. The van der Waals surface area contributed by atoms with E-state index in [1.54, 1.807) is 40.4 Å². The summed E-state index contributed by atoms with van der Waals surface area (Å²) in [5.41, 5.74) is 3.81. The molecule has 0 N–H and O–H groups in total. The van der Waals surface area contributed by atoms with Gasteiger partial charge in [-0.25, -0.2) is 4.98 Å². The highest BCUT2D eigenvalue weighted by Crippen LogP contribution is 2.35. The molecule has 0 bridgehead atoms. The lowest BCUT2D eigenvalue weighted by molar-refractivity contribution is 0.0985. The Balaban J connectivity index is 1.80. The Hall–Kier alpha value is -2.70. The molecule has 0 aliphatic carbocycles. The van der Waals surface area contributed by atoms with Crippen molar-refractivity contribution in [3.63, 3.8) is 0 Å². The number of amides is 1. The Bertz CT molecular complexity index is 1170. The molecule has 30 heavy (non-hydrogen) atoms. The minimum absolute atomic E-state index is 0.0556. The Morgan fingerprint density at radius 3 is 2.70 bits per heavy atom. The van der Waals surface area contributed by atoms with Gasteiger partial charge in [0.25, 0.3) is 5.91 Å². The van der Waals surface area contributed by atoms with E-state index in [4.69, 9.17) is 4.98 Å². The van der Waals surface area contributed by atoms with Crippen LogP contribution in [0.5, 0.6) is 0 Å². The molecular formula is C24H23N3OS2. The number of hydrogen-bond acceptors (Lipinski definition) is 5. The van der Waals surface area contributed by atoms with Crippen LogP contribution in [-0.4, -0.2) is 22.1 Å². The predicted octanol–water partition coefficient (Wildman–Crippen LogP) is 6.38. The molecule has 0 atom stereocenters. The van der Waals surface area contributed by atoms with Gasteiger partial charge in [-0.2, -0.15) is 0 Å². The van der Waals surface area contributed by atoms with Crippen molar-refractivity contribution in [1.82, 2.24) is 9.97 Å². The van der Waals surface area contributed by atoms with Crippen LogP contribution in [0.1, 0.15) is 41.3 Å². The molecule has 2 heterocycles. The van der Waals surface area contributed by atoms with Gasteiger partial charge in [0.2, 0.25) is 0 Å². The predicted molar refractivity (Wildman–Crippen MR) is 127 cm³/mol. The minimum atomic E-state index is -0.0556. The molecule has 0 fully saturated rings. The van der Waals surface area contributed by atoms with Gasteiger partial charge in [-0.15, -0.1) is 11.8 Å². The zero-order valence-corrected chi connectivity index (χ0v) is 18.8. The number of aromatic nitrogens is 2. The number of carbonyl (C=O) groups is 1. The third kappa shape index (κ3) is 4.25. The first-order valence-electron chi connectivity index (χ1n) is 9.81. The molecule has 4 rings (SSSR count). The van der Waals surface area contributed by atoms with Gasteiger partial charge in [-0.3, -0.25) is 14.7 Å². The molecule has 0 radical (unpaired) electrons. The van der Waals surface area contributed by atoms with Crippen LogP contribution in [0.2, 0.25) is 0 Å². The zero-order chi connectivity index (χ0) is 21.1. The quantitative estimate of drug-likeness (QED) is 0.331. The van der Waals surface area contributed by atoms with Crippen LogP contribution in [0.4, 0.5) is 5.13 Å². The summed E-state index contributed by atoms with van der Waals surface area (Å²) in [4.78, 5) is 25.5. The van der Waals surface area contributed by atoms with Crippen molar-refractivity contribution in [3.8, 4) is 0 Å². The summed E-state index contributed by atoms with van der Waals surface area (Å²) in [5.74, 6) is 0.310. The summed E-state index contributed by atoms with van der Waals surface area (Å²) in [7, 11) is 0. The van der Waals surface area contributed by atoms with Crippen molar-refractivity contribution < 1.29 is 4.79 Å². The molecule has 152 valence electrons. The average molecular weight is 434 g/mol. The summed E-state index contributed by atoms with van der Waals surface area (Å²) >= 11 is 3.18. The first-order valence-corrected chi connectivity index (χ1v) is 11.8. The lowest BCUT2D eigenvalue weighted by atomic mass is 10.0. The second kappa shape index (κ2) is 8.98. The minimum Gasteiger partial charge on any atom is -0.279 e. The molecule has 0 saturated heterocycles. The van der Waals surface area contributed by atoms with Gasteiger partial charge in [0, 0.05) is 22.9 Å². The lowest BCUT2D eigenvalue weighted by Gasteiger charge is -2.20. The van der Waals surface area contributed by atoms with Crippen LogP contribution in [0.25, 0.3) is 10.2 Å². The van der Waals surface area contributed by atoms with Crippen molar-refractivity contribution >= 4 is 44.4 Å². The number of pyridine rings is 1. The van der Waals surface area contributed by atoms with Crippen LogP contribution in [0, 0.1) is 0 Å². The van der Waals surface area contributed by atoms with Crippen LogP contribution in [-0.2, 0) is 6.54 Å². The Kier molecular flexibility index (Phi) is 6.16. The van der Waals surface area contributed by atoms with E-state index in [0.29, 0.717) is 23.2 Å². The smallest absolute Gasteiger partial charge is 0.260 e. The topological polar surface area (TPSA) is 46.1 Å². The fourth-order valence-electron chi connectivity index (χ4n) is 3.35. The zero-order valence-electron chi connectivity index (χ0n) is 17.2. The summed E-state index contributed by atoms with van der Waals surface area (Å²) in [6.07, 6.45) is 5.55. The number of fused-ring (bicyclic) bond motifs is 1. The number of rotatable bonds is 6. The van der Waals surface area contributed by atoms with E-state index in [9.17, 15) is 4.79 Å². The van der Waals surface area contributed by atoms with Crippen LogP contribution in [0.3, 0.4) is 0 Å². The van der Waals surface area contributed by atoms with Gasteiger partial charge in [0.15, 0.2) is 5.13 Å². The van der Waals surface area contributed by atoms with E-state index in [1.807, 2.05) is 42.7 Å². The van der Waals surface area contributed by atoms with E-state index < -0.39 is 0 Å². The van der Waals surface area contributed by atoms with Gasteiger partial charge in [0.05, 0.1) is 16.8 Å². The van der Waals surface area contributed by atoms with Crippen LogP contribution < -0.4 is 4.90 Å². The number of carbonyl (C=O) groups excluding carboxylic acids is 1. The second-order valence-electron chi connectivity index (χ2n) is 7.33. The Morgan fingerprint density at radius 1 is 1.13 bits per heavy atom. The number of para-hydroxylation sites is 1. The fraction of sp³-hybridized carbons (Fsp3) is 0.208. The van der Waals surface area contributed by atoms with Crippen LogP contribution >= 0.6 is 23.1 Å². The van der Waals surface area contributed by atoms with E-state index >= 15 is 0 Å². The monoisotopic (exact) mass is 433 g/mol. The molecule has 4 aromatic rings. The molecule has 0 unspecified atom stereocenters. The SMILES string of the molecule is CSc1cccc(C(=O)N(Cc2cccnc2)c2nc3c(C(C)C)cccc3s2)c1. The van der Waals surface area contributed by atoms with Gasteiger partial charge in [0.1, 0.15) is 0 Å². The normalized spacial score (nSPS) is 11.2. The molecular weight excluding hydrogens is 410 g/mol. The van der Waals surface area contributed by atoms with Gasteiger partial charge in [-0.05, 0) is 53.6 Å². The highest BCUT2D eigenvalue weighted by atomic mass is 32.2. The fourth-order valence-corrected chi connectivity index (χ4v) is 4.81. The van der Waals surface area contributed by atoms with Gasteiger partial charge >= 0.3 is 0 Å². The molecule has 4 nitrogen and oxygen atoms in total. The second-order valence-corrected chi connectivity index (χ2v) is 9.22. The maximum Gasteiger partial charge on any atom is 0.260 e. The van der Waals surface area contributed by atoms with Crippen molar-refractivity contribution in [3.05, 3.63) is 83.7 Å². The van der Waals surface area contributed by atoms with Gasteiger partial charge in [-0.1, -0.05) is 49.4 Å². The van der Waals surface area contributed by atoms with Crippen molar-refractivity contribution in [2.75, 3.05) is 11.2 Å². The summed E-state index contributed by atoms with van der Waals surface area (Å²) < 4.78 is 1.10. The summed E-state index contributed by atoms with van der Waals surface area (Å²) in [6, 6.07) is 17.9. The highest BCUT2D eigenvalue weighted by Gasteiger charge is 2.23. The highest BCUT2D eigenvalue weighted by molar-refractivity contribution is 7.98. The van der Waals surface area contributed by atoms with E-state index in [2.05, 4.69) is 37.0 Å². The summed E-state index contributed by atoms with van der Waals surface area (Å²) in [5, 5.41) is 0.710. The molecule has 2 aromatic carbocycles.